The fourth-order valence-corrected chi connectivity index (χ4v) is 2.16. The molecule has 1 fully saturated rings. The zero-order valence-corrected chi connectivity index (χ0v) is 10.6. The largest absolute Gasteiger partial charge is 0.389 e. The van der Waals surface area contributed by atoms with Crippen LogP contribution in [0.3, 0.4) is 0 Å². The van der Waals surface area contributed by atoms with Gasteiger partial charge in [0.05, 0.1) is 18.8 Å². The molecule has 0 aromatic heterocycles. The smallest absolute Gasteiger partial charge is 0.0897 e. The Hall–Kier alpha value is -0.120. The van der Waals surface area contributed by atoms with Crippen molar-refractivity contribution in [2.75, 3.05) is 19.7 Å². The lowest BCUT2D eigenvalue weighted by molar-refractivity contribution is -0.0142. The second kappa shape index (κ2) is 8.97. The quantitative estimate of drug-likeness (QED) is 0.519. The van der Waals surface area contributed by atoms with E-state index >= 15 is 0 Å². The first kappa shape index (κ1) is 13.9. The monoisotopic (exact) mass is 229 g/mol. The Balaban J connectivity index is 2.03. The molecule has 0 aromatic rings. The Kier molecular flexibility index (Phi) is 7.81. The number of aliphatic hydroxyl groups is 1. The van der Waals surface area contributed by atoms with Crippen molar-refractivity contribution in [2.45, 2.75) is 64.1 Å². The van der Waals surface area contributed by atoms with Gasteiger partial charge in [0.25, 0.3) is 0 Å². The average molecular weight is 229 g/mol. The molecule has 1 aliphatic rings. The molecular weight excluding hydrogens is 202 g/mol. The van der Waals surface area contributed by atoms with E-state index in [1.165, 1.54) is 38.5 Å². The van der Waals surface area contributed by atoms with E-state index in [9.17, 15) is 5.11 Å². The summed E-state index contributed by atoms with van der Waals surface area (Å²) < 4.78 is 5.77. The molecule has 0 radical (unpaired) electrons. The first-order chi connectivity index (χ1) is 7.83. The summed E-state index contributed by atoms with van der Waals surface area (Å²) >= 11 is 0. The number of rotatable bonds is 7. The minimum atomic E-state index is -0.352. The first-order valence-electron chi connectivity index (χ1n) is 6.83. The van der Waals surface area contributed by atoms with E-state index in [4.69, 9.17) is 4.74 Å². The van der Waals surface area contributed by atoms with E-state index in [2.05, 4.69) is 12.2 Å². The van der Waals surface area contributed by atoms with Crippen molar-refractivity contribution in [1.29, 1.82) is 0 Å². The van der Waals surface area contributed by atoms with Crippen LogP contribution in [0.25, 0.3) is 0 Å². The molecule has 3 nitrogen and oxygen atoms in total. The predicted molar refractivity (Wildman–Crippen MR) is 66.6 cm³/mol. The van der Waals surface area contributed by atoms with E-state index < -0.39 is 0 Å². The fraction of sp³-hybridized carbons (Fsp3) is 1.00. The third kappa shape index (κ3) is 6.46. The Morgan fingerprint density at radius 1 is 1.25 bits per heavy atom. The van der Waals surface area contributed by atoms with Crippen molar-refractivity contribution in [2.24, 2.45) is 0 Å². The van der Waals surface area contributed by atoms with E-state index in [1.807, 2.05) is 0 Å². The summed E-state index contributed by atoms with van der Waals surface area (Å²) in [6.07, 6.45) is 8.77. The van der Waals surface area contributed by atoms with Crippen LogP contribution in [0.4, 0.5) is 0 Å². The maximum absolute atomic E-state index is 9.69. The fourth-order valence-electron chi connectivity index (χ4n) is 2.16. The molecule has 0 saturated heterocycles. The molecule has 1 rings (SSSR count). The predicted octanol–water partition coefficient (Wildman–Crippen LogP) is 2.09. The average Bonchev–Trinajstić information content (AvgIpc) is 2.55. The molecule has 0 spiro atoms. The summed E-state index contributed by atoms with van der Waals surface area (Å²) in [4.78, 5) is 0. The van der Waals surface area contributed by atoms with Crippen LogP contribution in [0.2, 0.25) is 0 Å². The van der Waals surface area contributed by atoms with Crippen LogP contribution < -0.4 is 5.32 Å². The van der Waals surface area contributed by atoms with E-state index in [0.717, 1.165) is 13.0 Å². The SMILES string of the molecule is CCCNCC(O)COC1CCCCCC1. The van der Waals surface area contributed by atoms with E-state index in [0.29, 0.717) is 19.3 Å². The van der Waals surface area contributed by atoms with Crippen molar-refractivity contribution in [3.63, 3.8) is 0 Å². The molecular formula is C13H27NO2. The molecule has 0 amide bonds. The number of nitrogens with one attached hydrogen (secondary N) is 1. The summed E-state index contributed by atoms with van der Waals surface area (Å²) in [6.45, 7) is 4.24. The van der Waals surface area contributed by atoms with Gasteiger partial charge >= 0.3 is 0 Å². The molecule has 16 heavy (non-hydrogen) atoms. The van der Waals surface area contributed by atoms with Crippen molar-refractivity contribution < 1.29 is 9.84 Å². The van der Waals surface area contributed by atoms with Crippen molar-refractivity contribution >= 4 is 0 Å². The van der Waals surface area contributed by atoms with Gasteiger partial charge in [-0.05, 0) is 25.8 Å². The Bertz CT molecular complexity index is 156. The Morgan fingerprint density at radius 3 is 2.56 bits per heavy atom. The highest BCUT2D eigenvalue weighted by Crippen LogP contribution is 2.19. The minimum absolute atomic E-state index is 0.352. The van der Waals surface area contributed by atoms with Gasteiger partial charge in [0.2, 0.25) is 0 Å². The number of hydrogen-bond donors (Lipinski definition) is 2. The summed E-state index contributed by atoms with van der Waals surface area (Å²) in [5, 5.41) is 12.9. The van der Waals surface area contributed by atoms with Gasteiger partial charge in [-0.25, -0.2) is 0 Å². The molecule has 0 heterocycles. The lowest BCUT2D eigenvalue weighted by Crippen LogP contribution is -2.32. The summed E-state index contributed by atoms with van der Waals surface area (Å²) in [7, 11) is 0. The second-order valence-corrected chi connectivity index (χ2v) is 4.80. The molecule has 0 bridgehead atoms. The maximum Gasteiger partial charge on any atom is 0.0897 e. The highest BCUT2D eigenvalue weighted by molar-refractivity contribution is 4.66. The Labute approximate surface area is 99.6 Å². The molecule has 1 atom stereocenters. The standard InChI is InChI=1S/C13H27NO2/c1-2-9-14-10-12(15)11-16-13-7-5-3-4-6-8-13/h12-15H,2-11H2,1H3. The van der Waals surface area contributed by atoms with E-state index in [-0.39, 0.29) is 6.10 Å². The summed E-state index contributed by atoms with van der Waals surface area (Å²) in [5.41, 5.74) is 0. The van der Waals surface area contributed by atoms with Gasteiger partial charge < -0.3 is 15.2 Å². The van der Waals surface area contributed by atoms with Crippen LogP contribution in [-0.2, 0) is 4.74 Å². The number of aliphatic hydroxyl groups excluding tert-OH is 1. The third-order valence-corrected chi connectivity index (χ3v) is 3.13. The van der Waals surface area contributed by atoms with Crippen LogP contribution in [0, 0.1) is 0 Å². The normalized spacial score (nSPS) is 20.6. The lowest BCUT2D eigenvalue weighted by Gasteiger charge is -2.18. The van der Waals surface area contributed by atoms with Gasteiger partial charge in [-0.3, -0.25) is 0 Å². The molecule has 0 aromatic carbocycles. The van der Waals surface area contributed by atoms with Crippen LogP contribution in [0.5, 0.6) is 0 Å². The van der Waals surface area contributed by atoms with Gasteiger partial charge in [0, 0.05) is 6.54 Å². The zero-order chi connectivity index (χ0) is 11.6. The number of hydrogen-bond acceptors (Lipinski definition) is 3. The van der Waals surface area contributed by atoms with Gasteiger partial charge in [-0.15, -0.1) is 0 Å². The van der Waals surface area contributed by atoms with Gasteiger partial charge in [-0.1, -0.05) is 32.6 Å². The summed E-state index contributed by atoms with van der Waals surface area (Å²) in [6, 6.07) is 0. The Morgan fingerprint density at radius 2 is 1.94 bits per heavy atom. The van der Waals surface area contributed by atoms with E-state index in [1.54, 1.807) is 0 Å². The van der Waals surface area contributed by atoms with Gasteiger partial charge in [-0.2, -0.15) is 0 Å². The summed E-state index contributed by atoms with van der Waals surface area (Å²) in [5.74, 6) is 0. The molecule has 0 aliphatic heterocycles. The molecule has 3 heteroatoms. The lowest BCUT2D eigenvalue weighted by atomic mass is 10.1. The second-order valence-electron chi connectivity index (χ2n) is 4.80. The maximum atomic E-state index is 9.69. The third-order valence-electron chi connectivity index (χ3n) is 3.13. The van der Waals surface area contributed by atoms with Crippen molar-refractivity contribution in [3.8, 4) is 0 Å². The minimum Gasteiger partial charge on any atom is -0.389 e. The van der Waals surface area contributed by atoms with Gasteiger partial charge in [0.1, 0.15) is 0 Å². The highest BCUT2D eigenvalue weighted by Gasteiger charge is 2.14. The van der Waals surface area contributed by atoms with Crippen LogP contribution >= 0.6 is 0 Å². The molecule has 1 saturated carbocycles. The molecule has 1 aliphatic carbocycles. The van der Waals surface area contributed by atoms with Crippen LogP contribution in [-0.4, -0.2) is 37.0 Å². The highest BCUT2D eigenvalue weighted by atomic mass is 16.5. The van der Waals surface area contributed by atoms with Crippen molar-refractivity contribution in [3.05, 3.63) is 0 Å². The topological polar surface area (TPSA) is 41.5 Å². The van der Waals surface area contributed by atoms with Gasteiger partial charge in [0.15, 0.2) is 0 Å². The van der Waals surface area contributed by atoms with Crippen LogP contribution in [0.15, 0.2) is 0 Å². The molecule has 96 valence electrons. The number of ether oxygens (including phenoxy) is 1. The van der Waals surface area contributed by atoms with Crippen molar-refractivity contribution in [1.82, 2.24) is 5.32 Å². The first-order valence-corrected chi connectivity index (χ1v) is 6.83. The van der Waals surface area contributed by atoms with Crippen LogP contribution in [0.1, 0.15) is 51.9 Å². The molecule has 2 N–H and O–H groups in total. The zero-order valence-electron chi connectivity index (χ0n) is 10.6. The molecule has 1 unspecified atom stereocenters.